The van der Waals surface area contributed by atoms with E-state index in [1.807, 2.05) is 20.8 Å². The second-order valence-electron chi connectivity index (χ2n) is 6.86. The highest BCUT2D eigenvalue weighted by Gasteiger charge is 2.27. The van der Waals surface area contributed by atoms with Crippen LogP contribution >= 0.6 is 0 Å². The first kappa shape index (κ1) is 20.2. The van der Waals surface area contributed by atoms with Crippen molar-refractivity contribution in [2.75, 3.05) is 13.7 Å². The zero-order valence-electron chi connectivity index (χ0n) is 15.9. The molecule has 1 unspecified atom stereocenters. The van der Waals surface area contributed by atoms with E-state index < -0.39 is 23.5 Å². The van der Waals surface area contributed by atoms with Crippen molar-refractivity contribution >= 4 is 11.9 Å². The SMILES string of the molecule is COc1ccc(OCC(OC(=O)c2cccnc2)C(=O)NC(C)(C)C)cc1. The lowest BCUT2D eigenvalue weighted by Gasteiger charge is -2.25. The summed E-state index contributed by atoms with van der Waals surface area (Å²) in [6, 6.07) is 10.1. The van der Waals surface area contributed by atoms with Crippen molar-refractivity contribution in [3.05, 3.63) is 54.4 Å². The van der Waals surface area contributed by atoms with E-state index in [-0.39, 0.29) is 12.2 Å². The van der Waals surface area contributed by atoms with E-state index in [2.05, 4.69) is 10.3 Å². The molecule has 1 heterocycles. The van der Waals surface area contributed by atoms with Crippen LogP contribution in [0.1, 0.15) is 31.1 Å². The van der Waals surface area contributed by atoms with Crippen LogP contribution in [0.15, 0.2) is 48.8 Å². The molecule has 0 saturated carbocycles. The third-order valence-corrected chi connectivity index (χ3v) is 3.40. The first-order valence-electron chi connectivity index (χ1n) is 8.48. The Morgan fingerprint density at radius 3 is 2.33 bits per heavy atom. The third-order valence-electron chi connectivity index (χ3n) is 3.40. The molecule has 1 aromatic carbocycles. The Kier molecular flexibility index (Phi) is 6.76. The second-order valence-corrected chi connectivity index (χ2v) is 6.86. The average molecular weight is 372 g/mol. The number of carbonyl (C=O) groups is 2. The van der Waals surface area contributed by atoms with E-state index >= 15 is 0 Å². The van der Waals surface area contributed by atoms with Crippen molar-refractivity contribution in [3.8, 4) is 11.5 Å². The summed E-state index contributed by atoms with van der Waals surface area (Å²) in [7, 11) is 1.57. The summed E-state index contributed by atoms with van der Waals surface area (Å²) in [6.07, 6.45) is 1.82. The molecule has 0 fully saturated rings. The lowest BCUT2D eigenvalue weighted by Crippen LogP contribution is -2.49. The number of hydrogen-bond acceptors (Lipinski definition) is 6. The van der Waals surface area contributed by atoms with Gasteiger partial charge in [-0.1, -0.05) is 0 Å². The number of amides is 1. The number of hydrogen-bond donors (Lipinski definition) is 1. The number of nitrogens with one attached hydrogen (secondary N) is 1. The van der Waals surface area contributed by atoms with Gasteiger partial charge in [-0.25, -0.2) is 4.79 Å². The van der Waals surface area contributed by atoms with Gasteiger partial charge >= 0.3 is 5.97 Å². The van der Waals surface area contributed by atoms with Crippen LogP contribution in [-0.4, -0.2) is 42.2 Å². The topological polar surface area (TPSA) is 86.8 Å². The van der Waals surface area contributed by atoms with Crippen molar-refractivity contribution in [3.63, 3.8) is 0 Å². The molecule has 7 nitrogen and oxygen atoms in total. The fourth-order valence-corrected chi connectivity index (χ4v) is 2.14. The first-order valence-corrected chi connectivity index (χ1v) is 8.48. The molecule has 1 aromatic heterocycles. The lowest BCUT2D eigenvalue weighted by molar-refractivity contribution is -0.133. The van der Waals surface area contributed by atoms with E-state index in [1.54, 1.807) is 49.7 Å². The Bertz CT molecular complexity index is 754. The Labute approximate surface area is 158 Å². The Morgan fingerprint density at radius 2 is 1.78 bits per heavy atom. The lowest BCUT2D eigenvalue weighted by atomic mass is 10.1. The van der Waals surface area contributed by atoms with Crippen LogP contribution in [0.3, 0.4) is 0 Å². The second kappa shape index (κ2) is 9.02. The summed E-state index contributed by atoms with van der Waals surface area (Å²) in [4.78, 5) is 28.7. The van der Waals surface area contributed by atoms with Gasteiger partial charge in [0, 0.05) is 17.9 Å². The number of benzene rings is 1. The van der Waals surface area contributed by atoms with Crippen LogP contribution in [-0.2, 0) is 9.53 Å². The molecule has 1 amide bonds. The van der Waals surface area contributed by atoms with Crippen LogP contribution in [0.2, 0.25) is 0 Å². The molecule has 0 spiro atoms. The molecule has 0 radical (unpaired) electrons. The van der Waals surface area contributed by atoms with E-state index in [0.29, 0.717) is 11.5 Å². The summed E-state index contributed by atoms with van der Waals surface area (Å²) in [6.45, 7) is 5.40. The van der Waals surface area contributed by atoms with Gasteiger partial charge in [0.05, 0.1) is 12.7 Å². The number of aromatic nitrogens is 1. The quantitative estimate of drug-likeness (QED) is 0.752. The predicted octanol–water partition coefficient (Wildman–Crippen LogP) is 2.61. The Hall–Kier alpha value is -3.09. The number of ether oxygens (including phenoxy) is 3. The number of methoxy groups -OCH3 is 1. The normalized spacial score (nSPS) is 12.0. The zero-order valence-corrected chi connectivity index (χ0v) is 15.9. The van der Waals surface area contributed by atoms with Crippen molar-refractivity contribution in [2.45, 2.75) is 32.4 Å². The average Bonchev–Trinajstić information content (AvgIpc) is 2.64. The molecule has 2 aromatic rings. The van der Waals surface area contributed by atoms with Gasteiger partial charge in [-0.05, 0) is 57.2 Å². The molecule has 7 heteroatoms. The first-order chi connectivity index (χ1) is 12.8. The van der Waals surface area contributed by atoms with Gasteiger partial charge < -0.3 is 19.5 Å². The fourth-order valence-electron chi connectivity index (χ4n) is 2.14. The van der Waals surface area contributed by atoms with Gasteiger partial charge in [0.2, 0.25) is 6.10 Å². The molecular weight excluding hydrogens is 348 g/mol. The van der Waals surface area contributed by atoms with E-state index in [9.17, 15) is 9.59 Å². The van der Waals surface area contributed by atoms with Gasteiger partial charge in [-0.3, -0.25) is 9.78 Å². The molecule has 1 N–H and O–H groups in total. The third kappa shape index (κ3) is 6.62. The maximum atomic E-state index is 12.5. The largest absolute Gasteiger partial charge is 0.497 e. The molecule has 0 aliphatic carbocycles. The van der Waals surface area contributed by atoms with E-state index in [4.69, 9.17) is 14.2 Å². The van der Waals surface area contributed by atoms with Crippen LogP contribution in [0.25, 0.3) is 0 Å². The summed E-state index contributed by atoms with van der Waals surface area (Å²) >= 11 is 0. The standard InChI is InChI=1S/C20H24N2O5/c1-20(2,3)22-18(23)17(27-19(24)14-6-5-11-21-12-14)13-26-16-9-7-15(25-4)8-10-16/h5-12,17H,13H2,1-4H3,(H,22,23). The number of nitrogens with zero attached hydrogens (tertiary/aromatic N) is 1. The number of esters is 1. The Balaban J connectivity index is 2.08. The molecular formula is C20H24N2O5. The van der Waals surface area contributed by atoms with Crippen molar-refractivity contribution in [1.29, 1.82) is 0 Å². The molecule has 144 valence electrons. The maximum Gasteiger partial charge on any atom is 0.340 e. The molecule has 0 bridgehead atoms. The van der Waals surface area contributed by atoms with Crippen molar-refractivity contribution in [1.82, 2.24) is 10.3 Å². The fraction of sp³-hybridized carbons (Fsp3) is 0.350. The summed E-state index contributed by atoms with van der Waals surface area (Å²) in [5.41, 5.74) is -0.216. The van der Waals surface area contributed by atoms with Gasteiger partial charge in [0.15, 0.2) is 0 Å². The number of rotatable bonds is 7. The minimum absolute atomic E-state index is 0.125. The summed E-state index contributed by atoms with van der Waals surface area (Å²) in [5.74, 6) is 0.137. The molecule has 0 aliphatic heterocycles. The van der Waals surface area contributed by atoms with Gasteiger partial charge in [0.25, 0.3) is 5.91 Å². The molecule has 0 saturated heterocycles. The minimum atomic E-state index is -1.11. The molecule has 27 heavy (non-hydrogen) atoms. The highest BCUT2D eigenvalue weighted by Crippen LogP contribution is 2.17. The molecule has 1 atom stereocenters. The Morgan fingerprint density at radius 1 is 1.11 bits per heavy atom. The predicted molar refractivity (Wildman–Crippen MR) is 99.8 cm³/mol. The summed E-state index contributed by atoms with van der Waals surface area (Å²) in [5, 5.41) is 2.80. The van der Waals surface area contributed by atoms with Crippen LogP contribution in [0, 0.1) is 0 Å². The highest BCUT2D eigenvalue weighted by atomic mass is 16.6. The monoisotopic (exact) mass is 372 g/mol. The maximum absolute atomic E-state index is 12.5. The summed E-state index contributed by atoms with van der Waals surface area (Å²) < 4.78 is 16.1. The van der Waals surface area contributed by atoms with Gasteiger partial charge in [-0.15, -0.1) is 0 Å². The van der Waals surface area contributed by atoms with Crippen LogP contribution in [0.5, 0.6) is 11.5 Å². The zero-order chi connectivity index (χ0) is 19.9. The van der Waals surface area contributed by atoms with Crippen molar-refractivity contribution < 1.29 is 23.8 Å². The minimum Gasteiger partial charge on any atom is -0.497 e. The smallest absolute Gasteiger partial charge is 0.340 e. The van der Waals surface area contributed by atoms with Crippen LogP contribution in [0.4, 0.5) is 0 Å². The molecule has 0 aliphatic rings. The highest BCUT2D eigenvalue weighted by molar-refractivity contribution is 5.92. The van der Waals surface area contributed by atoms with Crippen LogP contribution < -0.4 is 14.8 Å². The van der Waals surface area contributed by atoms with Crippen molar-refractivity contribution in [2.24, 2.45) is 0 Å². The molecule has 2 rings (SSSR count). The number of pyridine rings is 1. The van der Waals surface area contributed by atoms with Gasteiger partial charge in [0.1, 0.15) is 18.1 Å². The number of carbonyl (C=O) groups excluding carboxylic acids is 2. The van der Waals surface area contributed by atoms with E-state index in [1.165, 1.54) is 6.20 Å². The van der Waals surface area contributed by atoms with Gasteiger partial charge in [-0.2, -0.15) is 0 Å². The van der Waals surface area contributed by atoms with E-state index in [0.717, 1.165) is 0 Å².